The maximum absolute atomic E-state index is 12.2. The van der Waals surface area contributed by atoms with Crippen molar-refractivity contribution in [3.63, 3.8) is 0 Å². The molecule has 2 amide bonds. The number of benzene rings is 1. The maximum atomic E-state index is 12.2. The third kappa shape index (κ3) is 5.19. The van der Waals surface area contributed by atoms with Crippen molar-refractivity contribution in [1.29, 1.82) is 0 Å². The highest BCUT2D eigenvalue weighted by molar-refractivity contribution is 5.91. The Morgan fingerprint density at radius 3 is 2.78 bits per heavy atom. The van der Waals surface area contributed by atoms with Gasteiger partial charge in [0, 0.05) is 25.7 Å². The summed E-state index contributed by atoms with van der Waals surface area (Å²) in [5.74, 6) is 1.33. The number of aromatic nitrogens is 3. The fraction of sp³-hybridized carbons (Fsp3) is 0.444. The molecule has 2 N–H and O–H groups in total. The van der Waals surface area contributed by atoms with Crippen molar-refractivity contribution in [2.45, 2.75) is 12.8 Å². The van der Waals surface area contributed by atoms with E-state index in [1.165, 1.54) is 6.20 Å². The van der Waals surface area contributed by atoms with E-state index in [2.05, 4.69) is 20.7 Å². The minimum atomic E-state index is -0.168. The quantitative estimate of drug-likeness (QED) is 0.745. The van der Waals surface area contributed by atoms with Crippen molar-refractivity contribution in [3.05, 3.63) is 36.2 Å². The van der Waals surface area contributed by atoms with Gasteiger partial charge in [-0.1, -0.05) is 6.07 Å². The average molecular weight is 373 g/mol. The highest BCUT2D eigenvalue weighted by atomic mass is 16.5. The maximum Gasteiger partial charge on any atom is 0.276 e. The molecule has 0 atom stereocenters. The fourth-order valence-electron chi connectivity index (χ4n) is 2.96. The van der Waals surface area contributed by atoms with Crippen LogP contribution >= 0.6 is 0 Å². The highest BCUT2D eigenvalue weighted by Gasteiger charge is 2.25. The van der Waals surface area contributed by atoms with Crippen LogP contribution in [0.5, 0.6) is 11.5 Å². The lowest BCUT2D eigenvalue weighted by atomic mass is 9.96. The molecule has 1 aromatic heterocycles. The van der Waals surface area contributed by atoms with E-state index in [1.54, 1.807) is 30.2 Å². The van der Waals surface area contributed by atoms with Gasteiger partial charge >= 0.3 is 0 Å². The van der Waals surface area contributed by atoms with E-state index in [9.17, 15) is 9.59 Å². The third-order valence-electron chi connectivity index (χ3n) is 4.53. The molecule has 27 heavy (non-hydrogen) atoms. The molecule has 9 nitrogen and oxygen atoms in total. The smallest absolute Gasteiger partial charge is 0.276 e. The Kier molecular flexibility index (Phi) is 6.24. The first-order chi connectivity index (χ1) is 13.2. The van der Waals surface area contributed by atoms with Crippen LogP contribution in [0.15, 0.2) is 30.5 Å². The summed E-state index contributed by atoms with van der Waals surface area (Å²) in [6.07, 6.45) is 3.10. The standard InChI is InChI=1S/C18H23N5O4/c1-26-14-3-2-4-15(9-14)27-12-17(24)19-10-13-5-7-23(8-6-13)18(25)16-11-20-22-21-16/h2-4,9,11,13H,5-8,10,12H2,1H3,(H,19,24)(H,20,21,22). The molecule has 1 aromatic carbocycles. The van der Waals surface area contributed by atoms with Crippen LogP contribution in [0.25, 0.3) is 0 Å². The van der Waals surface area contributed by atoms with E-state index >= 15 is 0 Å². The number of H-pyrrole nitrogens is 1. The highest BCUT2D eigenvalue weighted by Crippen LogP contribution is 2.19. The summed E-state index contributed by atoms with van der Waals surface area (Å²) in [5, 5.41) is 12.8. The van der Waals surface area contributed by atoms with Gasteiger partial charge in [-0.2, -0.15) is 15.4 Å². The second-order valence-corrected chi connectivity index (χ2v) is 6.36. The second kappa shape index (κ2) is 9.02. The summed E-state index contributed by atoms with van der Waals surface area (Å²) < 4.78 is 10.6. The first-order valence-corrected chi connectivity index (χ1v) is 8.84. The number of hydrogen-bond acceptors (Lipinski definition) is 6. The molecule has 0 radical (unpaired) electrons. The van der Waals surface area contributed by atoms with Crippen LogP contribution in [-0.4, -0.2) is 65.5 Å². The monoisotopic (exact) mass is 373 g/mol. The van der Waals surface area contributed by atoms with E-state index in [-0.39, 0.29) is 18.4 Å². The van der Waals surface area contributed by atoms with Crippen LogP contribution in [0, 0.1) is 5.92 Å². The summed E-state index contributed by atoms with van der Waals surface area (Å²) in [7, 11) is 1.58. The zero-order valence-electron chi connectivity index (χ0n) is 15.2. The first-order valence-electron chi connectivity index (χ1n) is 8.84. The molecule has 1 aliphatic rings. The van der Waals surface area contributed by atoms with E-state index in [4.69, 9.17) is 9.47 Å². The van der Waals surface area contributed by atoms with Gasteiger partial charge in [-0.25, -0.2) is 0 Å². The number of piperidine rings is 1. The Labute approximate surface area is 157 Å². The lowest BCUT2D eigenvalue weighted by Gasteiger charge is -2.31. The number of methoxy groups -OCH3 is 1. The van der Waals surface area contributed by atoms with Crippen molar-refractivity contribution in [2.24, 2.45) is 5.92 Å². The van der Waals surface area contributed by atoms with Gasteiger partial charge in [0.05, 0.1) is 13.3 Å². The van der Waals surface area contributed by atoms with Gasteiger partial charge in [-0.15, -0.1) is 0 Å². The van der Waals surface area contributed by atoms with Crippen LogP contribution in [0.4, 0.5) is 0 Å². The minimum Gasteiger partial charge on any atom is -0.497 e. The molecule has 1 fully saturated rings. The Morgan fingerprint density at radius 1 is 1.30 bits per heavy atom. The van der Waals surface area contributed by atoms with Crippen LogP contribution in [0.3, 0.4) is 0 Å². The number of carbonyl (C=O) groups excluding carboxylic acids is 2. The average Bonchev–Trinajstić information content (AvgIpc) is 3.25. The molecule has 9 heteroatoms. The molecule has 144 valence electrons. The van der Waals surface area contributed by atoms with Crippen molar-refractivity contribution >= 4 is 11.8 Å². The van der Waals surface area contributed by atoms with Crippen molar-refractivity contribution in [2.75, 3.05) is 33.4 Å². The molecule has 0 aliphatic carbocycles. The largest absolute Gasteiger partial charge is 0.497 e. The molecule has 1 saturated heterocycles. The molecule has 2 aromatic rings. The predicted molar refractivity (Wildman–Crippen MR) is 96.5 cm³/mol. The van der Waals surface area contributed by atoms with Gasteiger partial charge in [-0.3, -0.25) is 9.59 Å². The molecule has 0 unspecified atom stereocenters. The molecule has 3 rings (SSSR count). The van der Waals surface area contributed by atoms with Gasteiger partial charge in [0.25, 0.3) is 11.8 Å². The third-order valence-corrected chi connectivity index (χ3v) is 4.53. The number of nitrogens with zero attached hydrogens (tertiary/aromatic N) is 3. The Bertz CT molecular complexity index is 757. The lowest BCUT2D eigenvalue weighted by molar-refractivity contribution is -0.123. The number of aromatic amines is 1. The number of hydrogen-bond donors (Lipinski definition) is 2. The molecular formula is C18H23N5O4. The SMILES string of the molecule is COc1cccc(OCC(=O)NCC2CCN(C(=O)c3cn[nH]n3)CC2)c1. The number of nitrogens with one attached hydrogen (secondary N) is 2. The summed E-state index contributed by atoms with van der Waals surface area (Å²) in [6, 6.07) is 7.12. The van der Waals surface area contributed by atoms with E-state index in [1.807, 2.05) is 6.07 Å². The van der Waals surface area contributed by atoms with Gasteiger partial charge in [0.1, 0.15) is 11.5 Å². The minimum absolute atomic E-state index is 0.0450. The van der Waals surface area contributed by atoms with Gasteiger partial charge < -0.3 is 19.7 Å². The topological polar surface area (TPSA) is 109 Å². The Hall–Kier alpha value is -3.10. The molecule has 1 aliphatic heterocycles. The van der Waals surface area contributed by atoms with Crippen molar-refractivity contribution in [3.8, 4) is 11.5 Å². The van der Waals surface area contributed by atoms with Crippen LogP contribution < -0.4 is 14.8 Å². The summed E-state index contributed by atoms with van der Waals surface area (Å²) in [6.45, 7) is 1.82. The Morgan fingerprint density at radius 2 is 2.07 bits per heavy atom. The number of rotatable bonds is 7. The number of likely N-dealkylation sites (tertiary alicyclic amines) is 1. The van der Waals surface area contributed by atoms with Crippen molar-refractivity contribution in [1.82, 2.24) is 25.6 Å². The van der Waals surface area contributed by atoms with Crippen LogP contribution in [0.1, 0.15) is 23.3 Å². The summed E-state index contributed by atoms with van der Waals surface area (Å²) in [4.78, 5) is 26.0. The normalized spacial score (nSPS) is 14.6. The van der Waals surface area contributed by atoms with Gasteiger partial charge in [0.15, 0.2) is 12.3 Å². The van der Waals surface area contributed by atoms with Crippen LogP contribution in [0.2, 0.25) is 0 Å². The molecule has 0 bridgehead atoms. The summed E-state index contributed by atoms with van der Waals surface area (Å²) >= 11 is 0. The lowest BCUT2D eigenvalue weighted by Crippen LogP contribution is -2.42. The molecule has 0 spiro atoms. The molecular weight excluding hydrogens is 350 g/mol. The Balaban J connectivity index is 1.36. The number of carbonyl (C=O) groups is 2. The van der Waals surface area contributed by atoms with Gasteiger partial charge in [-0.05, 0) is 30.9 Å². The van der Waals surface area contributed by atoms with E-state index in [0.29, 0.717) is 42.7 Å². The first kappa shape index (κ1) is 18.7. The molecule has 0 saturated carbocycles. The zero-order chi connectivity index (χ0) is 19.1. The second-order valence-electron chi connectivity index (χ2n) is 6.36. The van der Waals surface area contributed by atoms with E-state index < -0.39 is 0 Å². The zero-order valence-corrected chi connectivity index (χ0v) is 15.2. The van der Waals surface area contributed by atoms with Crippen LogP contribution in [-0.2, 0) is 4.79 Å². The number of amides is 2. The number of ether oxygens (including phenoxy) is 2. The van der Waals surface area contributed by atoms with Crippen molar-refractivity contribution < 1.29 is 19.1 Å². The predicted octanol–water partition coefficient (Wildman–Crippen LogP) is 0.861. The summed E-state index contributed by atoms with van der Waals surface area (Å²) in [5.41, 5.74) is 0.330. The fourth-order valence-corrected chi connectivity index (χ4v) is 2.96. The van der Waals surface area contributed by atoms with Gasteiger partial charge in [0.2, 0.25) is 0 Å². The van der Waals surface area contributed by atoms with E-state index in [0.717, 1.165) is 12.8 Å². The molecule has 2 heterocycles.